The number of hydrogen-bond donors (Lipinski definition) is 0. The summed E-state index contributed by atoms with van der Waals surface area (Å²) in [5.41, 5.74) is 7.47. The third-order valence-corrected chi connectivity index (χ3v) is 5.67. The molecule has 0 saturated heterocycles. The van der Waals surface area contributed by atoms with Gasteiger partial charge < -0.3 is 0 Å². The fourth-order valence-corrected chi connectivity index (χ4v) is 3.15. The van der Waals surface area contributed by atoms with Crippen LogP contribution in [0.3, 0.4) is 0 Å². The van der Waals surface area contributed by atoms with Crippen molar-refractivity contribution in [2.45, 2.75) is 19.9 Å². The third-order valence-electron chi connectivity index (χ3n) is 2.22. The molecule has 0 atom stereocenters. The van der Waals surface area contributed by atoms with Gasteiger partial charge in [-0.05, 0) is 19.9 Å². The van der Waals surface area contributed by atoms with Crippen LogP contribution in [0.25, 0.3) is 0 Å². The van der Waals surface area contributed by atoms with E-state index in [0.29, 0.717) is 0 Å². The summed E-state index contributed by atoms with van der Waals surface area (Å²) < 4.78 is 0. The summed E-state index contributed by atoms with van der Waals surface area (Å²) in [4.78, 5) is 0. The quantitative estimate of drug-likeness (QED) is 0.446. The van der Waals surface area contributed by atoms with E-state index in [1.54, 1.807) is 0 Å². The van der Waals surface area contributed by atoms with Crippen molar-refractivity contribution in [2.75, 3.05) is 0 Å². The van der Waals surface area contributed by atoms with Crippen molar-refractivity contribution < 1.29 is 0 Å². The van der Waals surface area contributed by atoms with Crippen molar-refractivity contribution in [1.29, 1.82) is 0 Å². The standard InChI is InChI=1S/C11H18Si/c1-6-11(5)10-12(7-2,8-3)9-4/h6-9H,2-4,10H2,1,5H3/b11-6+. The molecule has 66 valence electrons. The van der Waals surface area contributed by atoms with E-state index in [0.717, 1.165) is 6.04 Å². The fraction of sp³-hybridized carbons (Fsp3) is 0.273. The van der Waals surface area contributed by atoms with E-state index in [4.69, 9.17) is 0 Å². The van der Waals surface area contributed by atoms with Gasteiger partial charge in [-0.15, -0.1) is 19.7 Å². The molecule has 0 aromatic carbocycles. The first-order valence-electron chi connectivity index (χ1n) is 4.16. The molecule has 0 N–H and O–H groups in total. The normalized spacial score (nSPS) is 12.3. The van der Waals surface area contributed by atoms with Gasteiger partial charge in [0, 0.05) is 0 Å². The van der Waals surface area contributed by atoms with Gasteiger partial charge in [0.2, 0.25) is 0 Å². The molecule has 0 spiro atoms. The lowest BCUT2D eigenvalue weighted by atomic mass is 10.3. The lowest BCUT2D eigenvalue weighted by Crippen LogP contribution is -2.26. The fourth-order valence-electron chi connectivity index (χ4n) is 1.05. The molecule has 0 aromatic rings. The molecule has 0 nitrogen and oxygen atoms in total. The average molecular weight is 178 g/mol. The van der Waals surface area contributed by atoms with E-state index in [1.807, 2.05) is 17.1 Å². The Bertz CT molecular complexity index is 189. The van der Waals surface area contributed by atoms with E-state index >= 15 is 0 Å². The predicted octanol–water partition coefficient (Wildman–Crippen LogP) is 3.58. The second-order valence-corrected chi connectivity index (χ2v) is 6.84. The molecule has 0 rings (SSSR count). The molecule has 12 heavy (non-hydrogen) atoms. The first kappa shape index (κ1) is 11.2. The molecule has 0 aliphatic rings. The second kappa shape index (κ2) is 4.94. The Morgan fingerprint density at radius 1 is 1.17 bits per heavy atom. The minimum Gasteiger partial charge on any atom is -0.106 e. The van der Waals surface area contributed by atoms with Gasteiger partial charge in [-0.2, -0.15) is 0 Å². The molecule has 0 aromatic heterocycles. The summed E-state index contributed by atoms with van der Waals surface area (Å²) in [6.07, 6.45) is 2.14. The molecular weight excluding hydrogens is 160 g/mol. The molecule has 1 heteroatoms. The highest BCUT2D eigenvalue weighted by Gasteiger charge is 2.21. The Balaban J connectivity index is 4.62. The first-order valence-corrected chi connectivity index (χ1v) is 6.60. The summed E-state index contributed by atoms with van der Waals surface area (Å²) in [5, 5.41) is 0. The zero-order valence-corrected chi connectivity index (χ0v) is 9.14. The van der Waals surface area contributed by atoms with E-state index in [9.17, 15) is 0 Å². The summed E-state index contributed by atoms with van der Waals surface area (Å²) in [6, 6.07) is 1.07. The Hall–Kier alpha value is -0.823. The van der Waals surface area contributed by atoms with Crippen molar-refractivity contribution in [2.24, 2.45) is 0 Å². The monoisotopic (exact) mass is 178 g/mol. The lowest BCUT2D eigenvalue weighted by molar-refractivity contribution is 1.32. The topological polar surface area (TPSA) is 0 Å². The maximum atomic E-state index is 3.85. The average Bonchev–Trinajstić information content (AvgIpc) is 2.14. The van der Waals surface area contributed by atoms with Crippen molar-refractivity contribution in [3.63, 3.8) is 0 Å². The van der Waals surface area contributed by atoms with Gasteiger partial charge in [0.05, 0.1) is 0 Å². The van der Waals surface area contributed by atoms with Gasteiger partial charge >= 0.3 is 0 Å². The molecule has 0 radical (unpaired) electrons. The summed E-state index contributed by atoms with van der Waals surface area (Å²) in [6.45, 7) is 15.8. The van der Waals surface area contributed by atoms with Crippen molar-refractivity contribution in [3.8, 4) is 0 Å². The van der Waals surface area contributed by atoms with Crippen LogP contribution in [0.5, 0.6) is 0 Å². The molecule has 0 bridgehead atoms. The maximum Gasteiger partial charge on any atom is 0.128 e. The highest BCUT2D eigenvalue weighted by atomic mass is 28.3. The molecule has 0 aliphatic heterocycles. The third kappa shape index (κ3) is 2.66. The number of allylic oxidation sites excluding steroid dienone is 2. The van der Waals surface area contributed by atoms with E-state index in [-0.39, 0.29) is 0 Å². The highest BCUT2D eigenvalue weighted by Crippen LogP contribution is 2.19. The van der Waals surface area contributed by atoms with Gasteiger partial charge in [-0.3, -0.25) is 0 Å². The zero-order valence-electron chi connectivity index (χ0n) is 8.14. The molecule has 0 fully saturated rings. The molecule has 0 aliphatic carbocycles. The molecule has 0 unspecified atom stereocenters. The minimum atomic E-state index is -1.58. The van der Waals surface area contributed by atoms with E-state index in [1.165, 1.54) is 5.57 Å². The van der Waals surface area contributed by atoms with Crippen molar-refractivity contribution in [1.82, 2.24) is 0 Å². The number of rotatable bonds is 5. The summed E-state index contributed by atoms with van der Waals surface area (Å²) in [7, 11) is -1.58. The van der Waals surface area contributed by atoms with Gasteiger partial charge in [-0.25, -0.2) is 0 Å². The van der Waals surface area contributed by atoms with Crippen molar-refractivity contribution >= 4 is 8.07 Å². The Morgan fingerprint density at radius 2 is 1.58 bits per heavy atom. The Morgan fingerprint density at radius 3 is 1.83 bits per heavy atom. The van der Waals surface area contributed by atoms with Crippen LogP contribution in [0, 0.1) is 0 Å². The summed E-state index contributed by atoms with van der Waals surface area (Å²) >= 11 is 0. The largest absolute Gasteiger partial charge is 0.128 e. The van der Waals surface area contributed by atoms with Gasteiger partial charge in [0.15, 0.2) is 0 Å². The Labute approximate surface area is 77.0 Å². The van der Waals surface area contributed by atoms with Gasteiger partial charge in [-0.1, -0.05) is 28.7 Å². The highest BCUT2D eigenvalue weighted by molar-refractivity contribution is 6.93. The minimum absolute atomic E-state index is 1.07. The number of hydrogen-bond acceptors (Lipinski definition) is 0. The predicted molar refractivity (Wildman–Crippen MR) is 60.6 cm³/mol. The van der Waals surface area contributed by atoms with Crippen LogP contribution < -0.4 is 0 Å². The lowest BCUT2D eigenvalue weighted by Gasteiger charge is -2.19. The van der Waals surface area contributed by atoms with Crippen LogP contribution >= 0.6 is 0 Å². The Kier molecular flexibility index (Phi) is 4.60. The van der Waals surface area contributed by atoms with Crippen molar-refractivity contribution in [3.05, 3.63) is 48.5 Å². The van der Waals surface area contributed by atoms with Crippen LogP contribution in [-0.4, -0.2) is 8.07 Å². The molecule has 0 amide bonds. The van der Waals surface area contributed by atoms with Crippen LogP contribution in [0.1, 0.15) is 13.8 Å². The van der Waals surface area contributed by atoms with Gasteiger partial charge in [0.25, 0.3) is 0 Å². The maximum absolute atomic E-state index is 3.85. The van der Waals surface area contributed by atoms with Crippen LogP contribution in [0.2, 0.25) is 6.04 Å². The van der Waals surface area contributed by atoms with E-state index < -0.39 is 8.07 Å². The smallest absolute Gasteiger partial charge is 0.106 e. The molecule has 0 heterocycles. The van der Waals surface area contributed by atoms with Gasteiger partial charge in [0.1, 0.15) is 8.07 Å². The molecular formula is C11H18Si. The summed E-state index contributed by atoms with van der Waals surface area (Å²) in [5.74, 6) is 0. The van der Waals surface area contributed by atoms with Crippen LogP contribution in [0.15, 0.2) is 48.5 Å². The SMILES string of the molecule is C=C[Si](C=C)(C=C)C/C(C)=C/C. The zero-order chi connectivity index (χ0) is 9.61. The molecule has 0 saturated carbocycles. The van der Waals surface area contributed by atoms with Crippen LogP contribution in [-0.2, 0) is 0 Å². The van der Waals surface area contributed by atoms with Crippen LogP contribution in [0.4, 0.5) is 0 Å². The second-order valence-electron chi connectivity index (χ2n) is 3.04. The first-order chi connectivity index (χ1) is 5.64. The van der Waals surface area contributed by atoms with E-state index in [2.05, 4.69) is 39.7 Å².